The van der Waals surface area contributed by atoms with E-state index in [1.54, 1.807) is 0 Å². The van der Waals surface area contributed by atoms with Crippen molar-refractivity contribution in [3.63, 3.8) is 0 Å². The minimum atomic E-state index is -0.485. The highest BCUT2D eigenvalue weighted by Crippen LogP contribution is 2.41. The molecule has 0 saturated carbocycles. The van der Waals surface area contributed by atoms with E-state index in [1.165, 1.54) is 21.9 Å². The SMILES string of the molecule is CC(C)(c1cccc(-c2ccccc2)n1)c1nc(-c2ccccc2)ccc1-c1ccccc1-c1ccc2ccccc2c1. The Kier molecular flexibility index (Phi) is 6.89. The van der Waals surface area contributed by atoms with Crippen molar-refractivity contribution < 1.29 is 0 Å². The standard InChI is InChI=1S/C41H32N2/c1-41(2,39-23-13-22-37(42-39)30-15-5-3-6-16-30)40-36(26-27-38(43-40)31-17-7-4-8-18-31)35-21-12-11-20-34(35)33-25-24-29-14-9-10-19-32(29)28-33/h3-28H,1-2H3. The van der Waals surface area contributed by atoms with Crippen molar-refractivity contribution in [2.45, 2.75) is 19.3 Å². The molecule has 0 aliphatic rings. The summed E-state index contributed by atoms with van der Waals surface area (Å²) >= 11 is 0. The van der Waals surface area contributed by atoms with Crippen molar-refractivity contribution in [3.8, 4) is 44.8 Å². The first-order chi connectivity index (χ1) is 21.1. The molecule has 0 aliphatic carbocycles. The van der Waals surface area contributed by atoms with Gasteiger partial charge in [0.1, 0.15) is 0 Å². The lowest BCUT2D eigenvalue weighted by Gasteiger charge is -2.28. The van der Waals surface area contributed by atoms with Crippen molar-refractivity contribution in [1.29, 1.82) is 0 Å². The fourth-order valence-corrected chi connectivity index (χ4v) is 5.92. The van der Waals surface area contributed by atoms with Gasteiger partial charge in [0.25, 0.3) is 0 Å². The van der Waals surface area contributed by atoms with E-state index in [0.717, 1.165) is 45.0 Å². The van der Waals surface area contributed by atoms with E-state index in [2.05, 4.69) is 159 Å². The first-order valence-electron chi connectivity index (χ1n) is 14.8. The van der Waals surface area contributed by atoms with Crippen LogP contribution < -0.4 is 0 Å². The molecule has 0 unspecified atom stereocenters. The summed E-state index contributed by atoms with van der Waals surface area (Å²) in [6.07, 6.45) is 0. The smallest absolute Gasteiger partial charge is 0.0706 e. The summed E-state index contributed by atoms with van der Waals surface area (Å²) in [7, 11) is 0. The Morgan fingerprint density at radius 3 is 1.72 bits per heavy atom. The van der Waals surface area contributed by atoms with Crippen LogP contribution in [0.2, 0.25) is 0 Å². The van der Waals surface area contributed by atoms with Crippen LogP contribution in [0, 0.1) is 0 Å². The van der Waals surface area contributed by atoms with Gasteiger partial charge in [0.15, 0.2) is 0 Å². The molecule has 43 heavy (non-hydrogen) atoms. The van der Waals surface area contributed by atoms with Crippen LogP contribution in [-0.2, 0) is 5.41 Å². The van der Waals surface area contributed by atoms with Crippen molar-refractivity contribution in [3.05, 3.63) is 169 Å². The number of rotatable bonds is 6. The van der Waals surface area contributed by atoms with Crippen molar-refractivity contribution in [1.82, 2.24) is 9.97 Å². The van der Waals surface area contributed by atoms with Gasteiger partial charge >= 0.3 is 0 Å². The lowest BCUT2D eigenvalue weighted by molar-refractivity contribution is 0.599. The third-order valence-electron chi connectivity index (χ3n) is 8.29. The Hall–Kier alpha value is -5.34. The number of pyridine rings is 2. The number of fused-ring (bicyclic) bond motifs is 1. The summed E-state index contributed by atoms with van der Waals surface area (Å²) in [4.78, 5) is 10.6. The Labute approximate surface area is 253 Å². The van der Waals surface area contributed by atoms with Gasteiger partial charge in [0.2, 0.25) is 0 Å². The summed E-state index contributed by atoms with van der Waals surface area (Å²) in [6.45, 7) is 4.48. The number of hydrogen-bond donors (Lipinski definition) is 0. The number of benzene rings is 5. The first-order valence-corrected chi connectivity index (χ1v) is 14.8. The van der Waals surface area contributed by atoms with Gasteiger partial charge in [-0.3, -0.25) is 9.97 Å². The molecule has 2 aromatic heterocycles. The van der Waals surface area contributed by atoms with Crippen LogP contribution in [0.1, 0.15) is 25.2 Å². The fraction of sp³-hybridized carbons (Fsp3) is 0.0732. The van der Waals surface area contributed by atoms with Crippen LogP contribution in [0.15, 0.2) is 158 Å². The van der Waals surface area contributed by atoms with Gasteiger partial charge in [-0.1, -0.05) is 133 Å². The second kappa shape index (κ2) is 11.2. The summed E-state index contributed by atoms with van der Waals surface area (Å²) in [5, 5.41) is 2.47. The van der Waals surface area contributed by atoms with E-state index in [-0.39, 0.29) is 0 Å². The number of hydrogen-bond acceptors (Lipinski definition) is 2. The third kappa shape index (κ3) is 5.13. The maximum Gasteiger partial charge on any atom is 0.0706 e. The molecule has 0 fully saturated rings. The molecule has 0 amide bonds. The molecule has 2 nitrogen and oxygen atoms in total. The molecule has 0 bridgehead atoms. The predicted molar refractivity (Wildman–Crippen MR) is 180 cm³/mol. The van der Waals surface area contributed by atoms with Crippen LogP contribution in [-0.4, -0.2) is 9.97 Å². The molecule has 7 aromatic rings. The van der Waals surface area contributed by atoms with Gasteiger partial charge in [-0.25, -0.2) is 0 Å². The predicted octanol–water partition coefficient (Wildman–Crippen LogP) is 10.6. The molecule has 2 heteroatoms. The van der Waals surface area contributed by atoms with E-state index in [0.29, 0.717) is 0 Å². The highest BCUT2D eigenvalue weighted by Gasteiger charge is 2.31. The molecule has 0 N–H and O–H groups in total. The molecule has 0 aliphatic heterocycles. The minimum absolute atomic E-state index is 0.485. The zero-order valence-electron chi connectivity index (χ0n) is 24.4. The second-order valence-electron chi connectivity index (χ2n) is 11.5. The van der Waals surface area contributed by atoms with Crippen LogP contribution in [0.4, 0.5) is 0 Å². The highest BCUT2D eigenvalue weighted by atomic mass is 14.8. The van der Waals surface area contributed by atoms with E-state index in [9.17, 15) is 0 Å². The van der Waals surface area contributed by atoms with Gasteiger partial charge in [0.05, 0.1) is 22.8 Å². The lowest BCUT2D eigenvalue weighted by atomic mass is 9.79. The summed E-state index contributed by atoms with van der Waals surface area (Å²) in [5.41, 5.74) is 10.3. The minimum Gasteiger partial charge on any atom is -0.252 e. The number of nitrogens with zero attached hydrogens (tertiary/aromatic N) is 2. The molecule has 0 spiro atoms. The first kappa shape index (κ1) is 26.6. The van der Waals surface area contributed by atoms with Crippen LogP contribution in [0.3, 0.4) is 0 Å². The zero-order valence-corrected chi connectivity index (χ0v) is 24.4. The van der Waals surface area contributed by atoms with Gasteiger partial charge in [-0.2, -0.15) is 0 Å². The van der Waals surface area contributed by atoms with E-state index < -0.39 is 5.41 Å². The Morgan fingerprint density at radius 2 is 1.00 bits per heavy atom. The van der Waals surface area contributed by atoms with Crippen LogP contribution >= 0.6 is 0 Å². The summed E-state index contributed by atoms with van der Waals surface area (Å²) in [5.74, 6) is 0. The molecule has 206 valence electrons. The average molecular weight is 553 g/mol. The topological polar surface area (TPSA) is 25.8 Å². The van der Waals surface area contributed by atoms with Gasteiger partial charge in [-0.15, -0.1) is 0 Å². The molecule has 7 rings (SSSR count). The Bertz CT molecular complexity index is 2040. The van der Waals surface area contributed by atoms with Crippen molar-refractivity contribution in [2.24, 2.45) is 0 Å². The summed E-state index contributed by atoms with van der Waals surface area (Å²) < 4.78 is 0. The highest BCUT2D eigenvalue weighted by molar-refractivity contribution is 5.92. The Balaban J connectivity index is 1.43. The van der Waals surface area contributed by atoms with E-state index in [4.69, 9.17) is 9.97 Å². The van der Waals surface area contributed by atoms with Crippen LogP contribution in [0.5, 0.6) is 0 Å². The second-order valence-corrected chi connectivity index (χ2v) is 11.5. The molecule has 0 atom stereocenters. The molecule has 0 radical (unpaired) electrons. The van der Waals surface area contributed by atoms with Gasteiger partial charge in [-0.05, 0) is 65.6 Å². The molecular weight excluding hydrogens is 520 g/mol. The van der Waals surface area contributed by atoms with E-state index >= 15 is 0 Å². The maximum absolute atomic E-state index is 5.41. The monoisotopic (exact) mass is 552 g/mol. The normalized spacial score (nSPS) is 11.5. The van der Waals surface area contributed by atoms with Gasteiger partial charge < -0.3 is 0 Å². The lowest BCUT2D eigenvalue weighted by Crippen LogP contribution is -2.24. The van der Waals surface area contributed by atoms with Crippen molar-refractivity contribution >= 4 is 10.8 Å². The van der Waals surface area contributed by atoms with E-state index in [1.807, 2.05) is 12.1 Å². The fourth-order valence-electron chi connectivity index (χ4n) is 5.92. The van der Waals surface area contributed by atoms with Crippen molar-refractivity contribution in [2.75, 3.05) is 0 Å². The molecule has 2 heterocycles. The zero-order chi connectivity index (χ0) is 29.2. The molecule has 5 aromatic carbocycles. The van der Waals surface area contributed by atoms with Gasteiger partial charge in [0, 0.05) is 22.1 Å². The number of aromatic nitrogens is 2. The molecule has 0 saturated heterocycles. The third-order valence-corrected chi connectivity index (χ3v) is 8.29. The maximum atomic E-state index is 5.41. The average Bonchev–Trinajstić information content (AvgIpc) is 3.08. The molecular formula is C41H32N2. The Morgan fingerprint density at radius 1 is 0.395 bits per heavy atom. The quantitative estimate of drug-likeness (QED) is 0.205. The summed E-state index contributed by atoms with van der Waals surface area (Å²) in [6, 6.07) is 55.4. The van der Waals surface area contributed by atoms with Crippen LogP contribution in [0.25, 0.3) is 55.5 Å². The largest absolute Gasteiger partial charge is 0.252 e.